The number of rotatable bonds is 1. The minimum atomic E-state index is 0.282. The first-order valence-electron chi connectivity index (χ1n) is 4.88. The summed E-state index contributed by atoms with van der Waals surface area (Å²) in [6, 6.07) is 4.07. The highest BCUT2D eigenvalue weighted by atomic mass is 16.4. The van der Waals surface area contributed by atoms with Crippen molar-refractivity contribution in [1.82, 2.24) is 15.3 Å². The van der Waals surface area contributed by atoms with Crippen molar-refractivity contribution in [2.24, 2.45) is 0 Å². The van der Waals surface area contributed by atoms with E-state index < -0.39 is 0 Å². The first kappa shape index (κ1) is 7.94. The van der Waals surface area contributed by atoms with Gasteiger partial charge in [0.2, 0.25) is 11.6 Å². The van der Waals surface area contributed by atoms with Crippen LogP contribution in [0.15, 0.2) is 22.7 Å². The van der Waals surface area contributed by atoms with E-state index in [9.17, 15) is 0 Å². The Morgan fingerprint density at radius 2 is 2.50 bits per heavy atom. The molecule has 1 unspecified atom stereocenters. The Bertz CT molecular complexity index is 412. The maximum atomic E-state index is 5.57. The van der Waals surface area contributed by atoms with Crippen molar-refractivity contribution >= 4 is 11.2 Å². The molecule has 0 bridgehead atoms. The first-order chi connectivity index (χ1) is 6.93. The molecule has 1 atom stereocenters. The van der Waals surface area contributed by atoms with Crippen molar-refractivity contribution in [3.05, 3.63) is 24.2 Å². The summed E-state index contributed by atoms with van der Waals surface area (Å²) in [4.78, 5) is 8.52. The van der Waals surface area contributed by atoms with Crippen LogP contribution in [0.5, 0.6) is 0 Å². The topological polar surface area (TPSA) is 51.0 Å². The molecule has 0 spiro atoms. The Balaban J connectivity index is 2.05. The fourth-order valence-corrected chi connectivity index (χ4v) is 1.83. The highest BCUT2D eigenvalue weighted by Gasteiger charge is 2.21. The van der Waals surface area contributed by atoms with Crippen LogP contribution in [-0.4, -0.2) is 16.5 Å². The lowest BCUT2D eigenvalue weighted by molar-refractivity contribution is 0.447. The molecule has 14 heavy (non-hydrogen) atoms. The number of nitrogens with one attached hydrogen (secondary N) is 1. The Morgan fingerprint density at radius 3 is 3.29 bits per heavy atom. The molecule has 0 aromatic carbocycles. The summed E-state index contributed by atoms with van der Waals surface area (Å²) in [7, 11) is 0. The maximum absolute atomic E-state index is 5.57. The molecule has 2 aromatic rings. The lowest BCUT2D eigenvalue weighted by Gasteiger charge is -2.02. The quantitative estimate of drug-likeness (QED) is 0.741. The molecular formula is C10H11N3O. The van der Waals surface area contributed by atoms with Gasteiger partial charge in [-0.25, -0.2) is 9.97 Å². The summed E-state index contributed by atoms with van der Waals surface area (Å²) in [6.45, 7) is 1.05. The summed E-state index contributed by atoms with van der Waals surface area (Å²) in [6.07, 6.45) is 4.02. The number of oxazole rings is 1. The molecule has 0 amide bonds. The van der Waals surface area contributed by atoms with E-state index in [2.05, 4.69) is 15.3 Å². The molecule has 0 radical (unpaired) electrons. The van der Waals surface area contributed by atoms with Crippen LogP contribution >= 0.6 is 0 Å². The largest absolute Gasteiger partial charge is 0.421 e. The number of pyridine rings is 1. The predicted molar refractivity (Wildman–Crippen MR) is 51.8 cm³/mol. The summed E-state index contributed by atoms with van der Waals surface area (Å²) >= 11 is 0. The molecule has 1 N–H and O–H groups in total. The standard InChI is InChI=1S/C10H11N3O/c1-3-7(11-5-1)10-13-8-4-2-6-12-9(8)14-10/h2,4,6-7,11H,1,3,5H2. The van der Waals surface area contributed by atoms with E-state index in [4.69, 9.17) is 4.42 Å². The van der Waals surface area contributed by atoms with Crippen molar-refractivity contribution < 1.29 is 4.42 Å². The minimum absolute atomic E-state index is 0.282. The third-order valence-electron chi connectivity index (χ3n) is 2.54. The Kier molecular flexibility index (Phi) is 1.73. The van der Waals surface area contributed by atoms with Gasteiger partial charge in [-0.15, -0.1) is 0 Å². The Morgan fingerprint density at radius 1 is 1.50 bits per heavy atom. The lowest BCUT2D eigenvalue weighted by Crippen LogP contribution is -2.12. The summed E-state index contributed by atoms with van der Waals surface area (Å²) in [5.74, 6) is 0.774. The van der Waals surface area contributed by atoms with Crippen LogP contribution in [0.1, 0.15) is 24.8 Å². The van der Waals surface area contributed by atoms with Crippen molar-refractivity contribution in [1.29, 1.82) is 0 Å². The number of hydrogen-bond acceptors (Lipinski definition) is 4. The third-order valence-corrected chi connectivity index (χ3v) is 2.54. The molecule has 0 saturated carbocycles. The van der Waals surface area contributed by atoms with Crippen LogP contribution in [-0.2, 0) is 0 Å². The van der Waals surface area contributed by atoms with Gasteiger partial charge in [-0.1, -0.05) is 0 Å². The van der Waals surface area contributed by atoms with Gasteiger partial charge in [-0.2, -0.15) is 0 Å². The SMILES string of the molecule is c1cnc2oc(C3CCCN3)nc2c1. The molecule has 0 aliphatic carbocycles. The van der Waals surface area contributed by atoms with E-state index in [1.807, 2.05) is 12.1 Å². The molecule has 4 nitrogen and oxygen atoms in total. The number of fused-ring (bicyclic) bond motifs is 1. The Labute approximate surface area is 81.4 Å². The van der Waals surface area contributed by atoms with E-state index in [1.54, 1.807) is 6.20 Å². The maximum Gasteiger partial charge on any atom is 0.247 e. The van der Waals surface area contributed by atoms with E-state index in [1.165, 1.54) is 6.42 Å². The van der Waals surface area contributed by atoms with Gasteiger partial charge in [0.15, 0.2) is 0 Å². The molecule has 2 aromatic heterocycles. The number of hydrogen-bond donors (Lipinski definition) is 1. The van der Waals surface area contributed by atoms with Crippen molar-refractivity contribution in [3.63, 3.8) is 0 Å². The van der Waals surface area contributed by atoms with Crippen LogP contribution in [0.2, 0.25) is 0 Å². The number of aromatic nitrogens is 2. The predicted octanol–water partition coefficient (Wildman–Crippen LogP) is 1.65. The van der Waals surface area contributed by atoms with E-state index in [-0.39, 0.29) is 6.04 Å². The van der Waals surface area contributed by atoms with Gasteiger partial charge in [0.25, 0.3) is 0 Å². The van der Waals surface area contributed by atoms with Crippen LogP contribution in [0.25, 0.3) is 11.2 Å². The molecule has 1 fully saturated rings. The summed E-state index contributed by atoms with van der Waals surface area (Å²) in [5, 5.41) is 3.35. The molecule has 3 heterocycles. The van der Waals surface area contributed by atoms with Gasteiger partial charge in [-0.3, -0.25) is 0 Å². The monoisotopic (exact) mass is 189 g/mol. The zero-order valence-electron chi connectivity index (χ0n) is 7.73. The second-order valence-electron chi connectivity index (χ2n) is 3.53. The zero-order chi connectivity index (χ0) is 9.38. The van der Waals surface area contributed by atoms with Crippen molar-refractivity contribution in [3.8, 4) is 0 Å². The minimum Gasteiger partial charge on any atom is -0.421 e. The fraction of sp³-hybridized carbons (Fsp3) is 0.400. The zero-order valence-corrected chi connectivity index (χ0v) is 7.73. The average Bonchev–Trinajstić information content (AvgIpc) is 2.86. The van der Waals surface area contributed by atoms with Crippen LogP contribution in [0.3, 0.4) is 0 Å². The van der Waals surface area contributed by atoms with Gasteiger partial charge in [0, 0.05) is 6.20 Å². The fourth-order valence-electron chi connectivity index (χ4n) is 1.83. The third kappa shape index (κ3) is 1.19. The molecule has 3 rings (SSSR count). The average molecular weight is 189 g/mol. The van der Waals surface area contributed by atoms with E-state index in [0.29, 0.717) is 5.71 Å². The molecular weight excluding hydrogens is 178 g/mol. The lowest BCUT2D eigenvalue weighted by atomic mass is 10.2. The van der Waals surface area contributed by atoms with Gasteiger partial charge in [-0.05, 0) is 31.5 Å². The smallest absolute Gasteiger partial charge is 0.247 e. The molecule has 1 aliphatic heterocycles. The number of nitrogens with zero attached hydrogens (tertiary/aromatic N) is 2. The highest BCUT2D eigenvalue weighted by molar-refractivity contribution is 5.67. The van der Waals surface area contributed by atoms with Gasteiger partial charge in [0.05, 0.1) is 6.04 Å². The van der Waals surface area contributed by atoms with Crippen LogP contribution in [0, 0.1) is 0 Å². The van der Waals surface area contributed by atoms with E-state index in [0.717, 1.165) is 24.4 Å². The van der Waals surface area contributed by atoms with E-state index >= 15 is 0 Å². The van der Waals surface area contributed by atoms with Crippen molar-refractivity contribution in [2.75, 3.05) is 6.54 Å². The van der Waals surface area contributed by atoms with Gasteiger partial charge >= 0.3 is 0 Å². The molecule has 1 aliphatic rings. The highest BCUT2D eigenvalue weighted by Crippen LogP contribution is 2.24. The molecule has 4 heteroatoms. The normalized spacial score (nSPS) is 21.9. The van der Waals surface area contributed by atoms with Crippen molar-refractivity contribution in [2.45, 2.75) is 18.9 Å². The first-order valence-corrected chi connectivity index (χ1v) is 4.88. The van der Waals surface area contributed by atoms with Crippen LogP contribution in [0.4, 0.5) is 0 Å². The van der Waals surface area contributed by atoms with Gasteiger partial charge in [0.1, 0.15) is 5.52 Å². The summed E-state index contributed by atoms with van der Waals surface area (Å²) in [5.41, 5.74) is 1.48. The molecule has 1 saturated heterocycles. The summed E-state index contributed by atoms with van der Waals surface area (Å²) < 4.78 is 5.57. The second-order valence-corrected chi connectivity index (χ2v) is 3.53. The Hall–Kier alpha value is -1.42. The van der Waals surface area contributed by atoms with Gasteiger partial charge < -0.3 is 9.73 Å². The van der Waals surface area contributed by atoms with Crippen LogP contribution < -0.4 is 5.32 Å². The molecule has 72 valence electrons. The second kappa shape index (κ2) is 3.06.